The zero-order valence-electron chi connectivity index (χ0n) is 13.2. The third-order valence-corrected chi connectivity index (χ3v) is 5.16. The van der Waals surface area contributed by atoms with Gasteiger partial charge in [-0.15, -0.1) is 0 Å². The van der Waals surface area contributed by atoms with Crippen LogP contribution in [-0.4, -0.2) is 23.5 Å². The first kappa shape index (κ1) is 15.0. The number of hydrogen-bond donors (Lipinski definition) is 1. The fourth-order valence-corrected chi connectivity index (χ4v) is 3.27. The van der Waals surface area contributed by atoms with Gasteiger partial charge in [-0.3, -0.25) is 4.90 Å². The first-order chi connectivity index (χ1) is 10.1. The Morgan fingerprint density at radius 2 is 2.05 bits per heavy atom. The van der Waals surface area contributed by atoms with Crippen molar-refractivity contribution in [2.45, 2.75) is 64.7 Å². The molecular formula is C18H27FN2. The van der Waals surface area contributed by atoms with Gasteiger partial charge in [-0.1, -0.05) is 19.1 Å². The first-order valence-corrected chi connectivity index (χ1v) is 8.38. The lowest BCUT2D eigenvalue weighted by Gasteiger charge is -2.38. The van der Waals surface area contributed by atoms with Crippen LogP contribution < -0.4 is 5.32 Å². The maximum Gasteiger partial charge on any atom is 0.127 e. The Kier molecular flexibility index (Phi) is 4.60. The van der Waals surface area contributed by atoms with E-state index >= 15 is 0 Å². The molecule has 1 aliphatic carbocycles. The Balaban J connectivity index is 1.66. The van der Waals surface area contributed by atoms with Crippen LogP contribution in [0.3, 0.4) is 0 Å². The van der Waals surface area contributed by atoms with Gasteiger partial charge in [0.1, 0.15) is 5.82 Å². The molecular weight excluding hydrogens is 263 g/mol. The molecule has 0 spiro atoms. The van der Waals surface area contributed by atoms with E-state index in [9.17, 15) is 4.39 Å². The van der Waals surface area contributed by atoms with Crippen LogP contribution in [-0.2, 0) is 13.1 Å². The average molecular weight is 290 g/mol. The highest BCUT2D eigenvalue weighted by Crippen LogP contribution is 2.25. The van der Waals surface area contributed by atoms with Gasteiger partial charge in [-0.25, -0.2) is 4.39 Å². The van der Waals surface area contributed by atoms with Crippen molar-refractivity contribution in [1.82, 2.24) is 10.2 Å². The molecule has 0 amide bonds. The van der Waals surface area contributed by atoms with Gasteiger partial charge in [0.2, 0.25) is 0 Å². The molecule has 2 fully saturated rings. The highest BCUT2D eigenvalue weighted by Gasteiger charge is 2.25. The Bertz CT molecular complexity index is 484. The quantitative estimate of drug-likeness (QED) is 0.889. The van der Waals surface area contributed by atoms with Crippen molar-refractivity contribution in [1.29, 1.82) is 0 Å². The standard InChI is InChI=1S/C18H27FN2/c1-13-4-3-9-21(14(13)2)12-16-10-15(5-8-18(16)19)11-20-17-6-7-17/h5,8,10,13-14,17,20H,3-4,6-7,9,11-12H2,1-2H3. The number of nitrogens with one attached hydrogen (secondary N) is 1. The summed E-state index contributed by atoms with van der Waals surface area (Å²) in [5, 5.41) is 3.50. The molecule has 1 aliphatic heterocycles. The van der Waals surface area contributed by atoms with Crippen LogP contribution in [0.5, 0.6) is 0 Å². The first-order valence-electron chi connectivity index (χ1n) is 8.38. The lowest BCUT2D eigenvalue weighted by atomic mass is 9.91. The monoisotopic (exact) mass is 290 g/mol. The van der Waals surface area contributed by atoms with E-state index in [1.54, 1.807) is 6.07 Å². The summed E-state index contributed by atoms with van der Waals surface area (Å²) >= 11 is 0. The second-order valence-corrected chi connectivity index (χ2v) is 6.91. The molecule has 2 aliphatic rings. The highest BCUT2D eigenvalue weighted by molar-refractivity contribution is 5.25. The third-order valence-electron chi connectivity index (χ3n) is 5.16. The van der Waals surface area contributed by atoms with E-state index in [1.807, 2.05) is 6.07 Å². The lowest BCUT2D eigenvalue weighted by molar-refractivity contribution is 0.105. The largest absolute Gasteiger partial charge is 0.310 e. The summed E-state index contributed by atoms with van der Waals surface area (Å²) < 4.78 is 14.1. The average Bonchev–Trinajstić information content (AvgIpc) is 3.29. The maximum absolute atomic E-state index is 14.1. The van der Waals surface area contributed by atoms with E-state index < -0.39 is 0 Å². The van der Waals surface area contributed by atoms with Crippen LogP contribution in [0, 0.1) is 11.7 Å². The number of hydrogen-bond acceptors (Lipinski definition) is 2. The van der Waals surface area contributed by atoms with Gasteiger partial charge in [0.25, 0.3) is 0 Å². The zero-order chi connectivity index (χ0) is 14.8. The molecule has 1 aromatic carbocycles. The fraction of sp³-hybridized carbons (Fsp3) is 0.667. The summed E-state index contributed by atoms with van der Waals surface area (Å²) in [7, 11) is 0. The second-order valence-electron chi connectivity index (χ2n) is 6.91. The molecule has 1 heterocycles. The van der Waals surface area contributed by atoms with E-state index in [0.717, 1.165) is 25.2 Å². The van der Waals surface area contributed by atoms with Crippen LogP contribution >= 0.6 is 0 Å². The fourth-order valence-electron chi connectivity index (χ4n) is 3.27. The molecule has 2 unspecified atom stereocenters. The minimum Gasteiger partial charge on any atom is -0.310 e. The molecule has 1 saturated carbocycles. The third kappa shape index (κ3) is 3.83. The molecule has 2 nitrogen and oxygen atoms in total. The van der Waals surface area contributed by atoms with Crippen LogP contribution in [0.4, 0.5) is 4.39 Å². The minimum atomic E-state index is -0.0596. The van der Waals surface area contributed by atoms with E-state index in [0.29, 0.717) is 18.0 Å². The summed E-state index contributed by atoms with van der Waals surface area (Å²) in [5.74, 6) is 0.650. The zero-order valence-corrected chi connectivity index (χ0v) is 13.2. The molecule has 3 rings (SSSR count). The number of piperidine rings is 1. The Labute approximate surface area is 127 Å². The number of rotatable bonds is 5. The molecule has 0 aromatic heterocycles. The second kappa shape index (κ2) is 6.45. The van der Waals surface area contributed by atoms with Crippen molar-refractivity contribution in [3.63, 3.8) is 0 Å². The van der Waals surface area contributed by atoms with Gasteiger partial charge in [-0.05, 0) is 56.7 Å². The molecule has 0 radical (unpaired) electrons. The van der Waals surface area contributed by atoms with E-state index in [-0.39, 0.29) is 5.82 Å². The van der Waals surface area contributed by atoms with Crippen molar-refractivity contribution in [2.24, 2.45) is 5.92 Å². The van der Waals surface area contributed by atoms with Crippen LogP contribution in [0.25, 0.3) is 0 Å². The summed E-state index contributed by atoms with van der Waals surface area (Å²) in [4.78, 5) is 2.44. The summed E-state index contributed by atoms with van der Waals surface area (Å²) in [6.45, 7) is 7.29. The minimum absolute atomic E-state index is 0.0596. The van der Waals surface area contributed by atoms with Crippen molar-refractivity contribution in [3.05, 3.63) is 35.1 Å². The number of benzene rings is 1. The molecule has 1 N–H and O–H groups in total. The molecule has 2 atom stereocenters. The predicted molar refractivity (Wildman–Crippen MR) is 84.5 cm³/mol. The molecule has 21 heavy (non-hydrogen) atoms. The van der Waals surface area contributed by atoms with E-state index in [4.69, 9.17) is 0 Å². The number of halogens is 1. The number of nitrogens with zero attached hydrogens (tertiary/aromatic N) is 1. The van der Waals surface area contributed by atoms with E-state index in [2.05, 4.69) is 30.1 Å². The van der Waals surface area contributed by atoms with Gasteiger partial charge >= 0.3 is 0 Å². The van der Waals surface area contributed by atoms with Crippen molar-refractivity contribution >= 4 is 0 Å². The van der Waals surface area contributed by atoms with Crippen molar-refractivity contribution < 1.29 is 4.39 Å². The molecule has 1 aromatic rings. The van der Waals surface area contributed by atoms with E-state index in [1.165, 1.54) is 31.2 Å². The van der Waals surface area contributed by atoms with Crippen molar-refractivity contribution in [3.8, 4) is 0 Å². The Morgan fingerprint density at radius 3 is 2.81 bits per heavy atom. The maximum atomic E-state index is 14.1. The molecule has 116 valence electrons. The highest BCUT2D eigenvalue weighted by atomic mass is 19.1. The van der Waals surface area contributed by atoms with Gasteiger partial charge in [0, 0.05) is 30.7 Å². The van der Waals surface area contributed by atoms with Gasteiger partial charge < -0.3 is 5.32 Å². The van der Waals surface area contributed by atoms with Crippen LogP contribution in [0.2, 0.25) is 0 Å². The molecule has 3 heteroatoms. The van der Waals surface area contributed by atoms with Crippen LogP contribution in [0.1, 0.15) is 50.7 Å². The topological polar surface area (TPSA) is 15.3 Å². The van der Waals surface area contributed by atoms with Crippen LogP contribution in [0.15, 0.2) is 18.2 Å². The summed E-state index contributed by atoms with van der Waals surface area (Å²) in [6, 6.07) is 6.85. The van der Waals surface area contributed by atoms with Gasteiger partial charge in [-0.2, -0.15) is 0 Å². The lowest BCUT2D eigenvalue weighted by Crippen LogP contribution is -2.41. The summed E-state index contributed by atoms with van der Waals surface area (Å²) in [5.41, 5.74) is 2.06. The predicted octanol–water partition coefficient (Wildman–Crippen LogP) is 3.70. The smallest absolute Gasteiger partial charge is 0.127 e. The normalized spacial score (nSPS) is 27.0. The number of likely N-dealkylation sites (tertiary alicyclic amines) is 1. The molecule has 0 bridgehead atoms. The Hall–Kier alpha value is -0.930. The SMILES string of the molecule is CC1CCCN(Cc2cc(CNC3CC3)ccc2F)C1C. The van der Waals surface area contributed by atoms with Gasteiger partial charge in [0.05, 0.1) is 0 Å². The van der Waals surface area contributed by atoms with Crippen molar-refractivity contribution in [2.75, 3.05) is 6.54 Å². The van der Waals surface area contributed by atoms with Gasteiger partial charge in [0.15, 0.2) is 0 Å². The summed E-state index contributed by atoms with van der Waals surface area (Å²) in [6.07, 6.45) is 5.11. The molecule has 1 saturated heterocycles. The Morgan fingerprint density at radius 1 is 1.24 bits per heavy atom.